The molecule has 4 heteroatoms. The van der Waals surface area contributed by atoms with E-state index < -0.39 is 0 Å². The van der Waals surface area contributed by atoms with Crippen LogP contribution in [0.25, 0.3) is 11.4 Å². The van der Waals surface area contributed by atoms with Crippen molar-refractivity contribution in [3.63, 3.8) is 0 Å². The lowest BCUT2D eigenvalue weighted by Gasteiger charge is -2.07. The lowest BCUT2D eigenvalue weighted by molar-refractivity contribution is 1.08. The lowest BCUT2D eigenvalue weighted by Crippen LogP contribution is -2.02. The number of hydrogen-bond acceptors (Lipinski definition) is 3. The van der Waals surface area contributed by atoms with Crippen LogP contribution in [0.15, 0.2) is 18.2 Å². The molecule has 1 aromatic carbocycles. The molecule has 88 valence electrons. The van der Waals surface area contributed by atoms with Crippen molar-refractivity contribution in [2.75, 3.05) is 5.73 Å². The monoisotopic (exact) mass is 247 g/mol. The second kappa shape index (κ2) is 4.34. The number of nitrogens with zero attached hydrogens (tertiary/aromatic N) is 2. The predicted molar refractivity (Wildman–Crippen MR) is 71.1 cm³/mol. The molecule has 1 aromatic heterocycles. The molecule has 0 aliphatic carbocycles. The predicted octanol–water partition coefficient (Wildman–Crippen LogP) is 3.30. The first-order valence-corrected chi connectivity index (χ1v) is 5.74. The zero-order valence-corrected chi connectivity index (χ0v) is 10.8. The molecule has 0 fully saturated rings. The third kappa shape index (κ3) is 2.24. The van der Waals surface area contributed by atoms with Gasteiger partial charge in [-0.25, -0.2) is 9.97 Å². The Morgan fingerprint density at radius 2 is 1.82 bits per heavy atom. The zero-order chi connectivity index (χ0) is 12.6. The van der Waals surface area contributed by atoms with Crippen LogP contribution in [-0.2, 0) is 0 Å². The molecule has 0 saturated carbocycles. The Morgan fingerprint density at radius 1 is 1.12 bits per heavy atom. The molecule has 0 radical (unpaired) electrons. The van der Waals surface area contributed by atoms with E-state index in [9.17, 15) is 0 Å². The van der Waals surface area contributed by atoms with Crippen LogP contribution in [0, 0.1) is 20.8 Å². The van der Waals surface area contributed by atoms with Crippen LogP contribution < -0.4 is 5.73 Å². The topological polar surface area (TPSA) is 51.8 Å². The number of nitrogens with two attached hydrogens (primary N) is 1. The van der Waals surface area contributed by atoms with Crippen molar-refractivity contribution >= 4 is 17.4 Å². The summed E-state index contributed by atoms with van der Waals surface area (Å²) in [5, 5.41) is 0.711. The number of nitrogen functional groups attached to an aromatic ring is 1. The summed E-state index contributed by atoms with van der Waals surface area (Å²) in [6, 6.07) is 5.76. The standard InChI is InChI=1S/C13H14ClN3/c1-7-4-5-10(6-11(7)14)13-16-9(3)8(2)12(15)17-13/h4-6H,1-3H3,(H2,15,16,17). The number of hydrogen-bond donors (Lipinski definition) is 1. The van der Waals surface area contributed by atoms with Gasteiger partial charge in [0.2, 0.25) is 0 Å². The molecule has 1 heterocycles. The normalized spacial score (nSPS) is 10.6. The third-order valence-electron chi connectivity index (χ3n) is 2.86. The number of aromatic nitrogens is 2. The van der Waals surface area contributed by atoms with Crippen LogP contribution in [0.3, 0.4) is 0 Å². The smallest absolute Gasteiger partial charge is 0.161 e. The average molecular weight is 248 g/mol. The molecule has 0 aliphatic heterocycles. The minimum Gasteiger partial charge on any atom is -0.383 e. The molecule has 0 atom stereocenters. The quantitative estimate of drug-likeness (QED) is 0.841. The van der Waals surface area contributed by atoms with Gasteiger partial charge >= 0.3 is 0 Å². The van der Waals surface area contributed by atoms with E-state index in [-0.39, 0.29) is 0 Å². The fourth-order valence-corrected chi connectivity index (χ4v) is 1.69. The Morgan fingerprint density at radius 3 is 2.41 bits per heavy atom. The summed E-state index contributed by atoms with van der Waals surface area (Å²) in [5.41, 5.74) is 9.58. The van der Waals surface area contributed by atoms with Crippen LogP contribution >= 0.6 is 11.6 Å². The maximum absolute atomic E-state index is 6.09. The molecular formula is C13H14ClN3. The van der Waals surface area contributed by atoms with Crippen LogP contribution in [0.4, 0.5) is 5.82 Å². The maximum atomic E-state index is 6.09. The zero-order valence-electron chi connectivity index (χ0n) is 10.1. The van der Waals surface area contributed by atoms with Gasteiger partial charge in [-0.15, -0.1) is 0 Å². The SMILES string of the molecule is Cc1ccc(-c2nc(C)c(C)c(N)n2)cc1Cl. The molecule has 3 nitrogen and oxygen atoms in total. The van der Waals surface area contributed by atoms with Crippen LogP contribution in [-0.4, -0.2) is 9.97 Å². The van der Waals surface area contributed by atoms with E-state index in [4.69, 9.17) is 17.3 Å². The maximum Gasteiger partial charge on any atom is 0.161 e. The average Bonchev–Trinajstić information content (AvgIpc) is 2.29. The number of aryl methyl sites for hydroxylation is 2. The minimum atomic E-state index is 0.518. The summed E-state index contributed by atoms with van der Waals surface area (Å²) < 4.78 is 0. The van der Waals surface area contributed by atoms with Gasteiger partial charge in [-0.1, -0.05) is 23.7 Å². The van der Waals surface area contributed by atoms with E-state index >= 15 is 0 Å². The first-order valence-electron chi connectivity index (χ1n) is 5.36. The molecule has 0 saturated heterocycles. The summed E-state index contributed by atoms with van der Waals surface area (Å²) in [5.74, 6) is 1.14. The molecule has 2 rings (SSSR count). The molecule has 0 unspecified atom stereocenters. The summed E-state index contributed by atoms with van der Waals surface area (Å²) in [4.78, 5) is 8.71. The van der Waals surface area contributed by atoms with Gasteiger partial charge in [-0.2, -0.15) is 0 Å². The molecule has 17 heavy (non-hydrogen) atoms. The highest BCUT2D eigenvalue weighted by Gasteiger charge is 2.08. The number of benzene rings is 1. The van der Waals surface area contributed by atoms with Crippen molar-refractivity contribution in [1.82, 2.24) is 9.97 Å². The van der Waals surface area contributed by atoms with Crippen molar-refractivity contribution < 1.29 is 0 Å². The molecule has 0 bridgehead atoms. The van der Waals surface area contributed by atoms with Crippen molar-refractivity contribution in [2.45, 2.75) is 20.8 Å². The van der Waals surface area contributed by atoms with Gasteiger partial charge in [0.05, 0.1) is 0 Å². The van der Waals surface area contributed by atoms with Crippen molar-refractivity contribution in [2.24, 2.45) is 0 Å². The van der Waals surface area contributed by atoms with Crippen molar-refractivity contribution in [3.05, 3.63) is 40.0 Å². The van der Waals surface area contributed by atoms with E-state index in [1.165, 1.54) is 0 Å². The summed E-state index contributed by atoms with van der Waals surface area (Å²) in [6.45, 7) is 5.80. The Hall–Kier alpha value is -1.61. The highest BCUT2D eigenvalue weighted by atomic mass is 35.5. The van der Waals surface area contributed by atoms with Crippen LogP contribution in [0.2, 0.25) is 5.02 Å². The van der Waals surface area contributed by atoms with Crippen molar-refractivity contribution in [3.8, 4) is 11.4 Å². The first kappa shape index (κ1) is 11.9. The lowest BCUT2D eigenvalue weighted by atomic mass is 10.1. The number of rotatable bonds is 1. The van der Waals surface area contributed by atoms with E-state index in [0.717, 1.165) is 22.4 Å². The molecule has 2 aromatic rings. The van der Waals surface area contributed by atoms with Gasteiger partial charge < -0.3 is 5.73 Å². The van der Waals surface area contributed by atoms with Crippen LogP contribution in [0.1, 0.15) is 16.8 Å². The molecule has 0 aliphatic rings. The fraction of sp³-hybridized carbons (Fsp3) is 0.231. The van der Waals surface area contributed by atoms with E-state index in [0.29, 0.717) is 16.7 Å². The highest BCUT2D eigenvalue weighted by Crippen LogP contribution is 2.24. The van der Waals surface area contributed by atoms with Crippen molar-refractivity contribution in [1.29, 1.82) is 0 Å². The second-order valence-corrected chi connectivity index (χ2v) is 4.51. The summed E-state index contributed by atoms with van der Waals surface area (Å²) >= 11 is 6.09. The number of halogens is 1. The molecule has 2 N–H and O–H groups in total. The summed E-state index contributed by atoms with van der Waals surface area (Å²) in [7, 11) is 0. The van der Waals surface area contributed by atoms with Gasteiger partial charge in [-0.3, -0.25) is 0 Å². The molecular weight excluding hydrogens is 234 g/mol. The molecule has 0 spiro atoms. The Labute approximate surface area is 106 Å². The third-order valence-corrected chi connectivity index (χ3v) is 3.26. The van der Waals surface area contributed by atoms with Gasteiger partial charge in [-0.05, 0) is 32.4 Å². The largest absolute Gasteiger partial charge is 0.383 e. The minimum absolute atomic E-state index is 0.518. The Kier molecular flexibility index (Phi) is 3.03. The van der Waals surface area contributed by atoms with E-state index in [1.54, 1.807) is 0 Å². The van der Waals surface area contributed by atoms with Gasteiger partial charge in [0, 0.05) is 21.8 Å². The number of anilines is 1. The Bertz CT molecular complexity index is 556. The van der Waals surface area contributed by atoms with Crippen LogP contribution in [0.5, 0.6) is 0 Å². The second-order valence-electron chi connectivity index (χ2n) is 4.11. The summed E-state index contributed by atoms with van der Waals surface area (Å²) in [6.07, 6.45) is 0. The van der Waals surface area contributed by atoms with E-state index in [2.05, 4.69) is 9.97 Å². The Balaban J connectivity index is 2.57. The van der Waals surface area contributed by atoms with Gasteiger partial charge in [0.25, 0.3) is 0 Å². The van der Waals surface area contributed by atoms with E-state index in [1.807, 2.05) is 39.0 Å². The van der Waals surface area contributed by atoms with Gasteiger partial charge in [0.15, 0.2) is 5.82 Å². The molecule has 0 amide bonds. The highest BCUT2D eigenvalue weighted by molar-refractivity contribution is 6.31. The first-order chi connectivity index (χ1) is 7.99. The van der Waals surface area contributed by atoms with Gasteiger partial charge in [0.1, 0.15) is 5.82 Å². The fourth-order valence-electron chi connectivity index (χ4n) is 1.51.